The Morgan fingerprint density at radius 3 is 2.63 bits per heavy atom. The van der Waals surface area contributed by atoms with Crippen molar-refractivity contribution >= 4 is 27.3 Å². The Bertz CT molecular complexity index is 368. The molecule has 0 aromatic carbocycles. The normalized spacial score (nSPS) is 12.3. The molecule has 0 aliphatic heterocycles. The number of alkyl halides is 3. The van der Waals surface area contributed by atoms with Gasteiger partial charge in [0, 0.05) is 34.4 Å². The van der Waals surface area contributed by atoms with Crippen LogP contribution in [0.15, 0.2) is 15.9 Å². The van der Waals surface area contributed by atoms with Gasteiger partial charge in [-0.15, -0.1) is 11.3 Å². The first kappa shape index (κ1) is 16.9. The Morgan fingerprint density at radius 1 is 1.37 bits per heavy atom. The lowest BCUT2D eigenvalue weighted by Gasteiger charge is -2.23. The molecule has 0 aliphatic rings. The van der Waals surface area contributed by atoms with Crippen LogP contribution in [-0.4, -0.2) is 37.3 Å². The fraction of sp³-hybridized carbons (Fsp3) is 0.667. The highest BCUT2D eigenvalue weighted by Gasteiger charge is 2.29. The van der Waals surface area contributed by atoms with Crippen molar-refractivity contribution in [2.24, 2.45) is 0 Å². The van der Waals surface area contributed by atoms with Crippen LogP contribution in [0.3, 0.4) is 0 Å². The molecule has 1 aromatic heterocycles. The van der Waals surface area contributed by atoms with Gasteiger partial charge < -0.3 is 5.32 Å². The third kappa shape index (κ3) is 7.91. The third-order valence-corrected chi connectivity index (χ3v) is 4.17. The molecule has 1 aromatic rings. The zero-order chi connectivity index (χ0) is 14.3. The van der Waals surface area contributed by atoms with Crippen LogP contribution >= 0.6 is 27.3 Å². The summed E-state index contributed by atoms with van der Waals surface area (Å²) in [5.74, 6) is 0. The molecule has 0 aliphatic carbocycles. The highest BCUT2D eigenvalue weighted by Crippen LogP contribution is 2.19. The first-order valence-corrected chi connectivity index (χ1v) is 7.80. The predicted octanol–water partition coefficient (Wildman–Crippen LogP) is 3.87. The van der Waals surface area contributed by atoms with Crippen LogP contribution in [0.25, 0.3) is 0 Å². The Labute approximate surface area is 124 Å². The van der Waals surface area contributed by atoms with Gasteiger partial charge in [-0.25, -0.2) is 0 Å². The fourth-order valence-electron chi connectivity index (χ4n) is 1.73. The quantitative estimate of drug-likeness (QED) is 0.709. The highest BCUT2D eigenvalue weighted by molar-refractivity contribution is 9.10. The van der Waals surface area contributed by atoms with E-state index in [1.165, 1.54) is 9.78 Å². The number of hydrogen-bond donors (Lipinski definition) is 1. The lowest BCUT2D eigenvalue weighted by atomic mass is 10.3. The largest absolute Gasteiger partial charge is 0.401 e. The van der Waals surface area contributed by atoms with Crippen molar-refractivity contribution in [1.82, 2.24) is 10.2 Å². The Morgan fingerprint density at radius 2 is 2.11 bits per heavy atom. The number of nitrogens with one attached hydrogen (secondary N) is 1. The van der Waals surface area contributed by atoms with Crippen molar-refractivity contribution in [1.29, 1.82) is 0 Å². The van der Waals surface area contributed by atoms with Crippen LogP contribution in [0, 0.1) is 0 Å². The minimum atomic E-state index is -4.12. The summed E-state index contributed by atoms with van der Waals surface area (Å²) in [6.07, 6.45) is -3.39. The standard InChI is InChI=1S/C12H18BrF3N2S/c1-2-4-18(9-12(14,15)16)5-3-17-7-11-6-10(13)8-19-11/h6,8,17H,2-5,7,9H2,1H3. The van der Waals surface area contributed by atoms with E-state index in [2.05, 4.69) is 21.2 Å². The number of halogens is 4. The summed E-state index contributed by atoms with van der Waals surface area (Å²) < 4.78 is 38.1. The molecule has 7 heteroatoms. The van der Waals surface area contributed by atoms with Crippen LogP contribution in [0.1, 0.15) is 18.2 Å². The average molecular weight is 359 g/mol. The summed E-state index contributed by atoms with van der Waals surface area (Å²) in [5.41, 5.74) is 0. The average Bonchev–Trinajstić information content (AvgIpc) is 2.68. The maximum Gasteiger partial charge on any atom is 0.401 e. The van der Waals surface area contributed by atoms with Crippen LogP contribution in [-0.2, 0) is 6.54 Å². The molecule has 19 heavy (non-hydrogen) atoms. The van der Waals surface area contributed by atoms with E-state index in [9.17, 15) is 13.2 Å². The molecule has 0 bridgehead atoms. The zero-order valence-electron chi connectivity index (χ0n) is 10.8. The van der Waals surface area contributed by atoms with Crippen LogP contribution in [0.5, 0.6) is 0 Å². The molecule has 1 rings (SSSR count). The van der Waals surface area contributed by atoms with Crippen molar-refractivity contribution in [2.75, 3.05) is 26.2 Å². The van der Waals surface area contributed by atoms with Crippen molar-refractivity contribution in [3.05, 3.63) is 20.8 Å². The molecule has 0 amide bonds. The topological polar surface area (TPSA) is 15.3 Å². The van der Waals surface area contributed by atoms with E-state index in [4.69, 9.17) is 0 Å². The second kappa shape index (κ2) is 8.24. The number of nitrogens with zero attached hydrogens (tertiary/aromatic N) is 1. The Kier molecular flexibility index (Phi) is 7.35. The van der Waals surface area contributed by atoms with Gasteiger partial charge in [-0.05, 0) is 35.0 Å². The van der Waals surface area contributed by atoms with E-state index in [0.717, 1.165) is 10.9 Å². The van der Waals surface area contributed by atoms with E-state index in [0.29, 0.717) is 26.2 Å². The lowest BCUT2D eigenvalue weighted by Crippen LogP contribution is -2.39. The van der Waals surface area contributed by atoms with E-state index in [-0.39, 0.29) is 0 Å². The van der Waals surface area contributed by atoms with Gasteiger partial charge in [-0.3, -0.25) is 4.90 Å². The van der Waals surface area contributed by atoms with Crippen LogP contribution in [0.2, 0.25) is 0 Å². The second-order valence-electron chi connectivity index (χ2n) is 4.30. The van der Waals surface area contributed by atoms with Gasteiger partial charge in [0.1, 0.15) is 0 Å². The van der Waals surface area contributed by atoms with Crippen molar-refractivity contribution in [3.8, 4) is 0 Å². The molecule has 1 heterocycles. The minimum absolute atomic E-state index is 0.417. The highest BCUT2D eigenvalue weighted by atomic mass is 79.9. The smallest absolute Gasteiger partial charge is 0.311 e. The van der Waals surface area contributed by atoms with Crippen molar-refractivity contribution in [3.63, 3.8) is 0 Å². The molecule has 0 unspecified atom stereocenters. The molecule has 0 atom stereocenters. The molecule has 1 N–H and O–H groups in total. The minimum Gasteiger partial charge on any atom is -0.311 e. The second-order valence-corrected chi connectivity index (χ2v) is 6.21. The number of rotatable bonds is 8. The van der Waals surface area contributed by atoms with Crippen LogP contribution in [0.4, 0.5) is 13.2 Å². The summed E-state index contributed by atoms with van der Waals surface area (Å²) >= 11 is 4.99. The molecule has 0 saturated carbocycles. The molecule has 0 fully saturated rings. The van der Waals surface area contributed by atoms with Gasteiger partial charge in [-0.2, -0.15) is 13.2 Å². The molecule has 0 spiro atoms. The summed E-state index contributed by atoms with van der Waals surface area (Å²) in [7, 11) is 0. The number of hydrogen-bond acceptors (Lipinski definition) is 3. The van der Waals surface area contributed by atoms with Gasteiger partial charge in [0.15, 0.2) is 0 Å². The Hall–Kier alpha value is -0.110. The van der Waals surface area contributed by atoms with Crippen LogP contribution < -0.4 is 5.32 Å². The van der Waals surface area contributed by atoms with Crippen molar-refractivity contribution in [2.45, 2.75) is 26.1 Å². The van der Waals surface area contributed by atoms with Gasteiger partial charge in [0.05, 0.1) is 6.54 Å². The molecule has 0 saturated heterocycles. The summed E-state index contributed by atoms with van der Waals surface area (Å²) in [5, 5.41) is 5.16. The molecule has 2 nitrogen and oxygen atoms in total. The summed E-state index contributed by atoms with van der Waals surface area (Å²) in [6, 6.07) is 2.01. The maximum atomic E-state index is 12.3. The third-order valence-electron chi connectivity index (χ3n) is 2.47. The van der Waals surface area contributed by atoms with E-state index >= 15 is 0 Å². The Balaban J connectivity index is 2.24. The lowest BCUT2D eigenvalue weighted by molar-refractivity contribution is -0.145. The first-order chi connectivity index (χ1) is 8.90. The molecular formula is C12H18BrF3N2S. The monoisotopic (exact) mass is 358 g/mol. The number of thiophene rings is 1. The SMILES string of the molecule is CCCN(CCNCc1cc(Br)cs1)CC(F)(F)F. The summed E-state index contributed by atoms with van der Waals surface area (Å²) in [4.78, 5) is 2.61. The van der Waals surface area contributed by atoms with E-state index in [1.54, 1.807) is 11.3 Å². The van der Waals surface area contributed by atoms with Gasteiger partial charge in [0.2, 0.25) is 0 Å². The molecule has 0 radical (unpaired) electrons. The maximum absolute atomic E-state index is 12.3. The zero-order valence-corrected chi connectivity index (χ0v) is 13.2. The molecule has 110 valence electrons. The summed E-state index contributed by atoms with van der Waals surface area (Å²) in [6.45, 7) is 3.21. The first-order valence-electron chi connectivity index (χ1n) is 6.13. The predicted molar refractivity (Wildman–Crippen MR) is 76.5 cm³/mol. The van der Waals surface area contributed by atoms with Crippen molar-refractivity contribution < 1.29 is 13.2 Å². The molecular weight excluding hydrogens is 341 g/mol. The van der Waals surface area contributed by atoms with Gasteiger partial charge >= 0.3 is 6.18 Å². The van der Waals surface area contributed by atoms with E-state index in [1.807, 2.05) is 18.4 Å². The fourth-order valence-corrected chi connectivity index (χ4v) is 3.16. The van der Waals surface area contributed by atoms with Gasteiger partial charge in [-0.1, -0.05) is 6.92 Å². The van der Waals surface area contributed by atoms with Gasteiger partial charge in [0.25, 0.3) is 0 Å². The van der Waals surface area contributed by atoms with E-state index < -0.39 is 12.7 Å².